The quantitative estimate of drug-likeness (QED) is 0.311. The first-order valence-corrected chi connectivity index (χ1v) is 11.5. The standard InChI is InChI=1S/C16H33N3O2S2.HI/c1-6-22-14-8-7-13(11-14)19-15(17-4)18-12-16(2,3)9-10-23(5,20)21;/h13-14H,6-12H2,1-5H3,(H2,17,18,19);1H. The van der Waals surface area contributed by atoms with E-state index >= 15 is 0 Å². The topological polar surface area (TPSA) is 70.6 Å². The lowest BCUT2D eigenvalue weighted by molar-refractivity contribution is 0.348. The summed E-state index contributed by atoms with van der Waals surface area (Å²) >= 11 is 2.05. The van der Waals surface area contributed by atoms with Crippen LogP contribution in [0, 0.1) is 5.41 Å². The summed E-state index contributed by atoms with van der Waals surface area (Å²) in [6.07, 6.45) is 5.59. The highest BCUT2D eigenvalue weighted by molar-refractivity contribution is 14.0. The fourth-order valence-corrected chi connectivity index (χ4v) is 4.79. The van der Waals surface area contributed by atoms with Gasteiger partial charge in [0.05, 0.1) is 5.75 Å². The third-order valence-corrected chi connectivity index (χ3v) is 6.41. The molecule has 2 unspecified atom stereocenters. The van der Waals surface area contributed by atoms with Gasteiger partial charge in [0.25, 0.3) is 0 Å². The molecule has 0 amide bonds. The minimum atomic E-state index is -2.91. The molecule has 0 aromatic rings. The molecule has 2 N–H and O–H groups in total. The third kappa shape index (κ3) is 10.3. The van der Waals surface area contributed by atoms with E-state index in [1.807, 2.05) is 11.8 Å². The smallest absolute Gasteiger partial charge is 0.191 e. The van der Waals surface area contributed by atoms with Gasteiger partial charge < -0.3 is 10.6 Å². The predicted molar refractivity (Wildman–Crippen MR) is 118 cm³/mol. The van der Waals surface area contributed by atoms with Gasteiger partial charge in [0.1, 0.15) is 9.84 Å². The van der Waals surface area contributed by atoms with Gasteiger partial charge in [-0.1, -0.05) is 20.8 Å². The van der Waals surface area contributed by atoms with Gasteiger partial charge in [0.2, 0.25) is 0 Å². The molecule has 1 fully saturated rings. The van der Waals surface area contributed by atoms with Crippen LogP contribution in [0.25, 0.3) is 0 Å². The minimum Gasteiger partial charge on any atom is -0.356 e. The third-order valence-electron chi connectivity index (χ3n) is 4.24. The predicted octanol–water partition coefficient (Wildman–Crippen LogP) is 2.90. The molecule has 0 saturated heterocycles. The van der Waals surface area contributed by atoms with Crippen molar-refractivity contribution in [3.05, 3.63) is 0 Å². The zero-order valence-corrected chi connectivity index (χ0v) is 19.6. The highest BCUT2D eigenvalue weighted by Gasteiger charge is 2.26. The zero-order valence-electron chi connectivity index (χ0n) is 15.6. The molecule has 0 aliphatic heterocycles. The van der Waals surface area contributed by atoms with E-state index in [1.54, 1.807) is 7.05 Å². The molecule has 5 nitrogen and oxygen atoms in total. The van der Waals surface area contributed by atoms with Crippen LogP contribution < -0.4 is 10.6 Å². The van der Waals surface area contributed by atoms with Crippen LogP contribution in [0.1, 0.15) is 46.5 Å². The van der Waals surface area contributed by atoms with E-state index in [0.717, 1.165) is 11.2 Å². The van der Waals surface area contributed by atoms with Gasteiger partial charge in [-0.2, -0.15) is 11.8 Å². The Labute approximate surface area is 169 Å². The van der Waals surface area contributed by atoms with Crippen molar-refractivity contribution in [2.45, 2.75) is 57.7 Å². The number of nitrogens with zero attached hydrogens (tertiary/aromatic N) is 1. The van der Waals surface area contributed by atoms with E-state index in [0.29, 0.717) is 19.0 Å². The Morgan fingerprint density at radius 2 is 2.00 bits per heavy atom. The van der Waals surface area contributed by atoms with E-state index in [1.165, 1.54) is 31.3 Å². The highest BCUT2D eigenvalue weighted by Crippen LogP contribution is 2.29. The molecule has 0 heterocycles. The molecule has 1 aliphatic carbocycles. The van der Waals surface area contributed by atoms with E-state index < -0.39 is 9.84 Å². The summed E-state index contributed by atoms with van der Waals surface area (Å²) in [5.41, 5.74) is -0.0863. The lowest BCUT2D eigenvalue weighted by Gasteiger charge is -2.26. The number of guanidine groups is 1. The van der Waals surface area contributed by atoms with Crippen LogP contribution in [0.3, 0.4) is 0 Å². The zero-order chi connectivity index (χ0) is 17.5. The Balaban J connectivity index is 0.00000529. The molecular formula is C16H34IN3O2S2. The van der Waals surface area contributed by atoms with Gasteiger partial charge in [-0.05, 0) is 36.9 Å². The van der Waals surface area contributed by atoms with Gasteiger partial charge in [-0.3, -0.25) is 4.99 Å². The summed E-state index contributed by atoms with van der Waals surface area (Å²) in [5.74, 6) is 2.23. The first-order chi connectivity index (χ1) is 10.6. The van der Waals surface area contributed by atoms with Crippen molar-refractivity contribution in [2.75, 3.05) is 31.4 Å². The van der Waals surface area contributed by atoms with Crippen molar-refractivity contribution < 1.29 is 8.42 Å². The van der Waals surface area contributed by atoms with Crippen molar-refractivity contribution in [1.29, 1.82) is 0 Å². The fourth-order valence-electron chi connectivity index (χ4n) is 2.72. The van der Waals surface area contributed by atoms with E-state index in [-0.39, 0.29) is 35.1 Å². The SMILES string of the molecule is CCSC1CCC(NC(=NC)NCC(C)(C)CCS(C)(=O)=O)C1.I. The molecule has 144 valence electrons. The van der Waals surface area contributed by atoms with Crippen molar-refractivity contribution in [2.24, 2.45) is 10.4 Å². The molecule has 8 heteroatoms. The normalized spacial score (nSPS) is 22.1. The molecule has 1 rings (SSSR count). The maximum absolute atomic E-state index is 11.3. The van der Waals surface area contributed by atoms with Crippen LogP contribution in [0.2, 0.25) is 0 Å². The van der Waals surface area contributed by atoms with E-state index in [2.05, 4.69) is 36.4 Å². The summed E-state index contributed by atoms with van der Waals surface area (Å²) in [4.78, 5) is 4.30. The minimum absolute atomic E-state index is 0. The first-order valence-electron chi connectivity index (χ1n) is 8.41. The van der Waals surface area contributed by atoms with E-state index in [4.69, 9.17) is 0 Å². The van der Waals surface area contributed by atoms with Crippen LogP contribution >= 0.6 is 35.7 Å². The van der Waals surface area contributed by atoms with Gasteiger partial charge >= 0.3 is 0 Å². The van der Waals surface area contributed by atoms with Crippen molar-refractivity contribution in [3.63, 3.8) is 0 Å². The van der Waals surface area contributed by atoms with Crippen molar-refractivity contribution in [1.82, 2.24) is 10.6 Å². The van der Waals surface area contributed by atoms with Crippen LogP contribution in [0.15, 0.2) is 4.99 Å². The molecular weight excluding hydrogens is 457 g/mol. The number of hydrogen-bond donors (Lipinski definition) is 2. The maximum Gasteiger partial charge on any atom is 0.191 e. The summed E-state index contributed by atoms with van der Waals surface area (Å²) in [5, 5.41) is 7.63. The molecule has 0 bridgehead atoms. The lowest BCUT2D eigenvalue weighted by Crippen LogP contribution is -2.45. The lowest BCUT2D eigenvalue weighted by atomic mass is 9.90. The van der Waals surface area contributed by atoms with Crippen LogP contribution in [0.5, 0.6) is 0 Å². The number of hydrogen-bond acceptors (Lipinski definition) is 4. The molecule has 0 aromatic carbocycles. The molecule has 24 heavy (non-hydrogen) atoms. The number of aliphatic imine (C=N–C) groups is 1. The number of rotatable bonds is 8. The van der Waals surface area contributed by atoms with E-state index in [9.17, 15) is 8.42 Å². The Hall–Kier alpha value is 0.300. The monoisotopic (exact) mass is 491 g/mol. The Morgan fingerprint density at radius 3 is 2.54 bits per heavy atom. The van der Waals surface area contributed by atoms with Gasteiger partial charge in [-0.15, -0.1) is 24.0 Å². The largest absolute Gasteiger partial charge is 0.356 e. The number of sulfone groups is 1. The average molecular weight is 492 g/mol. The Morgan fingerprint density at radius 1 is 1.33 bits per heavy atom. The molecule has 0 aromatic heterocycles. The number of nitrogens with one attached hydrogen (secondary N) is 2. The molecule has 0 spiro atoms. The van der Waals surface area contributed by atoms with Crippen LogP contribution in [-0.4, -0.2) is 57.0 Å². The summed E-state index contributed by atoms with van der Waals surface area (Å²) < 4.78 is 22.7. The van der Waals surface area contributed by atoms with Crippen LogP contribution in [0.4, 0.5) is 0 Å². The summed E-state index contributed by atoms with van der Waals surface area (Å²) in [6.45, 7) is 7.09. The van der Waals surface area contributed by atoms with Crippen LogP contribution in [-0.2, 0) is 9.84 Å². The van der Waals surface area contributed by atoms with Crippen molar-refractivity contribution >= 4 is 51.5 Å². The fraction of sp³-hybridized carbons (Fsp3) is 0.938. The first kappa shape index (κ1) is 24.3. The molecule has 0 radical (unpaired) electrons. The van der Waals surface area contributed by atoms with Crippen molar-refractivity contribution in [3.8, 4) is 0 Å². The highest BCUT2D eigenvalue weighted by atomic mass is 127. The maximum atomic E-state index is 11.3. The number of halogens is 1. The Bertz CT molecular complexity index is 496. The molecule has 1 aliphatic rings. The summed E-state index contributed by atoms with van der Waals surface area (Å²) in [7, 11) is -1.12. The van der Waals surface area contributed by atoms with Gasteiger partial charge in [0, 0.05) is 31.1 Å². The van der Waals surface area contributed by atoms with Gasteiger partial charge in [-0.25, -0.2) is 8.42 Å². The van der Waals surface area contributed by atoms with Gasteiger partial charge in [0.15, 0.2) is 5.96 Å². The second kappa shape index (κ2) is 11.1. The number of thioether (sulfide) groups is 1. The Kier molecular flexibility index (Phi) is 11.2. The second-order valence-corrected chi connectivity index (χ2v) is 11.0. The average Bonchev–Trinajstić information content (AvgIpc) is 2.88. The molecule has 2 atom stereocenters. The molecule has 1 saturated carbocycles. The second-order valence-electron chi connectivity index (χ2n) is 7.20. The summed E-state index contributed by atoms with van der Waals surface area (Å²) in [6, 6.07) is 0.490.